The van der Waals surface area contributed by atoms with Gasteiger partial charge in [-0.2, -0.15) is 0 Å². The number of rotatable bonds is 5. The molecule has 0 bridgehead atoms. The maximum absolute atomic E-state index is 13.6. The largest absolute Gasteiger partial charge is 0.396 e. The Morgan fingerprint density at radius 2 is 2.12 bits per heavy atom. The molecular weight excluding hydrogens is 285 g/mol. The van der Waals surface area contributed by atoms with Crippen LogP contribution in [0.5, 0.6) is 0 Å². The van der Waals surface area contributed by atoms with Gasteiger partial charge in [0.1, 0.15) is 5.82 Å². The first-order valence-corrected chi connectivity index (χ1v) is 6.44. The fourth-order valence-electron chi connectivity index (χ4n) is 1.44. The second-order valence-electron chi connectivity index (χ2n) is 5.09. The monoisotopic (exact) mass is 303 g/mol. The Morgan fingerprint density at radius 3 is 2.71 bits per heavy atom. The van der Waals surface area contributed by atoms with Crippen molar-refractivity contribution in [3.63, 3.8) is 0 Å². The zero-order valence-electron chi connectivity index (χ0n) is 10.4. The number of hydrogen-bond acceptors (Lipinski definition) is 2. The molecule has 0 radical (unpaired) electrons. The number of hydrogen-bond donors (Lipinski definition) is 2. The van der Waals surface area contributed by atoms with Crippen molar-refractivity contribution in [1.82, 2.24) is 5.32 Å². The molecule has 2 N–H and O–H groups in total. The molecular formula is C13H19BrFNO. The van der Waals surface area contributed by atoms with Crippen LogP contribution in [0.2, 0.25) is 0 Å². The fourth-order valence-corrected chi connectivity index (χ4v) is 1.82. The van der Waals surface area contributed by atoms with Gasteiger partial charge in [0.15, 0.2) is 0 Å². The van der Waals surface area contributed by atoms with Crippen molar-refractivity contribution < 1.29 is 9.50 Å². The summed E-state index contributed by atoms with van der Waals surface area (Å²) < 4.78 is 14.5. The van der Waals surface area contributed by atoms with Crippen LogP contribution in [0.4, 0.5) is 4.39 Å². The predicted molar refractivity (Wildman–Crippen MR) is 71.4 cm³/mol. The molecule has 0 aliphatic heterocycles. The van der Waals surface area contributed by atoms with Crippen LogP contribution in [0.3, 0.4) is 0 Å². The molecule has 1 aromatic rings. The maximum Gasteiger partial charge on any atom is 0.128 e. The lowest BCUT2D eigenvalue weighted by Crippen LogP contribution is -2.34. The number of aliphatic hydroxyl groups excluding tert-OH is 1. The molecule has 0 aromatic heterocycles. The normalized spacial score (nSPS) is 13.8. The number of halogens is 2. The lowest BCUT2D eigenvalue weighted by atomic mass is 9.94. The SMILES string of the molecule is CC(NCC(C)(C)CO)c1cc(Br)ccc1F. The summed E-state index contributed by atoms with van der Waals surface area (Å²) in [4.78, 5) is 0. The van der Waals surface area contributed by atoms with Crippen LogP contribution in [0.25, 0.3) is 0 Å². The van der Waals surface area contributed by atoms with Crippen LogP contribution in [-0.2, 0) is 0 Å². The van der Waals surface area contributed by atoms with Gasteiger partial charge in [0, 0.05) is 34.6 Å². The second kappa shape index (κ2) is 5.94. The lowest BCUT2D eigenvalue weighted by molar-refractivity contribution is 0.153. The molecule has 0 saturated heterocycles. The summed E-state index contributed by atoms with van der Waals surface area (Å²) in [6.07, 6.45) is 0. The van der Waals surface area contributed by atoms with Crippen LogP contribution in [0, 0.1) is 11.2 Å². The molecule has 0 spiro atoms. The highest BCUT2D eigenvalue weighted by Gasteiger charge is 2.19. The van der Waals surface area contributed by atoms with Crippen molar-refractivity contribution in [2.24, 2.45) is 5.41 Å². The van der Waals surface area contributed by atoms with E-state index < -0.39 is 0 Å². The highest BCUT2D eigenvalue weighted by atomic mass is 79.9. The van der Waals surface area contributed by atoms with E-state index in [0.717, 1.165) is 4.47 Å². The van der Waals surface area contributed by atoms with E-state index in [2.05, 4.69) is 21.2 Å². The van der Waals surface area contributed by atoms with E-state index >= 15 is 0 Å². The van der Waals surface area contributed by atoms with E-state index in [1.165, 1.54) is 6.07 Å². The minimum atomic E-state index is -0.213. The minimum Gasteiger partial charge on any atom is -0.396 e. The maximum atomic E-state index is 13.6. The lowest BCUT2D eigenvalue weighted by Gasteiger charge is -2.25. The number of aliphatic hydroxyl groups is 1. The van der Waals surface area contributed by atoms with Gasteiger partial charge in [-0.15, -0.1) is 0 Å². The van der Waals surface area contributed by atoms with E-state index in [4.69, 9.17) is 5.11 Å². The highest BCUT2D eigenvalue weighted by molar-refractivity contribution is 9.10. The van der Waals surface area contributed by atoms with Gasteiger partial charge in [0.05, 0.1) is 0 Å². The van der Waals surface area contributed by atoms with E-state index in [-0.39, 0.29) is 23.9 Å². The van der Waals surface area contributed by atoms with E-state index in [0.29, 0.717) is 12.1 Å². The summed E-state index contributed by atoms with van der Waals surface area (Å²) in [6, 6.07) is 4.83. The molecule has 17 heavy (non-hydrogen) atoms. The van der Waals surface area contributed by atoms with Crippen molar-refractivity contribution in [2.45, 2.75) is 26.8 Å². The summed E-state index contributed by atoms with van der Waals surface area (Å²) in [5.41, 5.74) is 0.435. The third kappa shape index (κ3) is 4.37. The Morgan fingerprint density at radius 1 is 1.47 bits per heavy atom. The van der Waals surface area contributed by atoms with Gasteiger partial charge < -0.3 is 10.4 Å². The first-order chi connectivity index (χ1) is 7.85. The molecule has 0 amide bonds. The van der Waals surface area contributed by atoms with E-state index in [1.54, 1.807) is 12.1 Å². The third-order valence-electron chi connectivity index (χ3n) is 2.74. The predicted octanol–water partition coefficient (Wildman–Crippen LogP) is 3.26. The molecule has 1 aromatic carbocycles. The first-order valence-electron chi connectivity index (χ1n) is 5.65. The minimum absolute atomic E-state index is 0.0849. The van der Waals surface area contributed by atoms with E-state index in [9.17, 15) is 4.39 Å². The summed E-state index contributed by atoms with van der Waals surface area (Å²) in [7, 11) is 0. The molecule has 0 heterocycles. The smallest absolute Gasteiger partial charge is 0.128 e. The zero-order chi connectivity index (χ0) is 13.1. The van der Waals surface area contributed by atoms with Crippen LogP contribution in [0.1, 0.15) is 32.4 Å². The average Bonchev–Trinajstić information content (AvgIpc) is 2.29. The summed E-state index contributed by atoms with van der Waals surface area (Å²) in [5, 5.41) is 12.4. The van der Waals surface area contributed by atoms with Gasteiger partial charge in [0.25, 0.3) is 0 Å². The summed E-state index contributed by atoms with van der Waals surface area (Å²) in [6.45, 7) is 6.58. The van der Waals surface area contributed by atoms with Crippen LogP contribution >= 0.6 is 15.9 Å². The summed E-state index contributed by atoms with van der Waals surface area (Å²) in [5.74, 6) is -0.213. The Bertz CT molecular complexity index is 382. The molecule has 0 aliphatic carbocycles. The fraction of sp³-hybridized carbons (Fsp3) is 0.538. The van der Waals surface area contributed by atoms with E-state index in [1.807, 2.05) is 20.8 Å². The van der Waals surface area contributed by atoms with Crippen molar-refractivity contribution in [3.8, 4) is 0 Å². The Balaban J connectivity index is 2.70. The number of benzene rings is 1. The summed E-state index contributed by atoms with van der Waals surface area (Å²) >= 11 is 3.33. The van der Waals surface area contributed by atoms with Crippen LogP contribution < -0.4 is 5.32 Å². The highest BCUT2D eigenvalue weighted by Crippen LogP contribution is 2.22. The molecule has 4 heteroatoms. The Hall–Kier alpha value is -0.450. The molecule has 1 atom stereocenters. The van der Waals surface area contributed by atoms with Gasteiger partial charge in [-0.05, 0) is 25.1 Å². The van der Waals surface area contributed by atoms with Crippen molar-refractivity contribution >= 4 is 15.9 Å². The molecule has 0 fully saturated rings. The molecule has 2 nitrogen and oxygen atoms in total. The van der Waals surface area contributed by atoms with Crippen molar-refractivity contribution in [2.75, 3.05) is 13.2 Å². The Labute approximate surface area is 110 Å². The van der Waals surface area contributed by atoms with Crippen LogP contribution in [0.15, 0.2) is 22.7 Å². The van der Waals surface area contributed by atoms with Crippen LogP contribution in [-0.4, -0.2) is 18.3 Å². The molecule has 1 unspecified atom stereocenters. The van der Waals surface area contributed by atoms with Gasteiger partial charge in [-0.1, -0.05) is 29.8 Å². The van der Waals surface area contributed by atoms with Crippen molar-refractivity contribution in [1.29, 1.82) is 0 Å². The molecule has 1 rings (SSSR count). The van der Waals surface area contributed by atoms with Crippen molar-refractivity contribution in [3.05, 3.63) is 34.1 Å². The van der Waals surface area contributed by atoms with Gasteiger partial charge in [-0.25, -0.2) is 4.39 Å². The molecule has 96 valence electrons. The molecule has 0 aliphatic rings. The quantitative estimate of drug-likeness (QED) is 0.875. The molecule has 0 saturated carbocycles. The third-order valence-corrected chi connectivity index (χ3v) is 3.23. The topological polar surface area (TPSA) is 32.3 Å². The zero-order valence-corrected chi connectivity index (χ0v) is 12.0. The standard InChI is InChI=1S/C13H19BrFNO/c1-9(16-7-13(2,3)8-17)11-6-10(14)4-5-12(11)15/h4-6,9,16-17H,7-8H2,1-3H3. The van der Waals surface area contributed by atoms with Gasteiger partial charge >= 0.3 is 0 Å². The Kier molecular flexibility index (Phi) is 5.10. The van der Waals surface area contributed by atoms with Gasteiger partial charge in [0.2, 0.25) is 0 Å². The number of nitrogens with one attached hydrogen (secondary N) is 1. The first kappa shape index (κ1) is 14.6. The average molecular weight is 304 g/mol. The van der Waals surface area contributed by atoms with Gasteiger partial charge in [-0.3, -0.25) is 0 Å². The second-order valence-corrected chi connectivity index (χ2v) is 6.01.